The van der Waals surface area contributed by atoms with Crippen molar-refractivity contribution in [1.29, 1.82) is 0 Å². The zero-order valence-corrected chi connectivity index (χ0v) is 15.9. The zero-order valence-electron chi connectivity index (χ0n) is 15.1. The molecule has 0 saturated carbocycles. The zero-order chi connectivity index (χ0) is 18.8. The molecule has 0 amide bonds. The van der Waals surface area contributed by atoms with E-state index in [4.69, 9.17) is 0 Å². The summed E-state index contributed by atoms with van der Waals surface area (Å²) < 4.78 is 11.4. The van der Waals surface area contributed by atoms with Crippen molar-refractivity contribution in [1.82, 2.24) is 19.9 Å². The highest BCUT2D eigenvalue weighted by atomic mass is 32.2. The van der Waals surface area contributed by atoms with Crippen LogP contribution < -0.4 is 5.32 Å². The number of H-pyrrole nitrogens is 1. The Morgan fingerprint density at radius 2 is 1.81 bits per heavy atom. The van der Waals surface area contributed by atoms with Crippen molar-refractivity contribution in [2.75, 3.05) is 11.6 Å². The summed E-state index contributed by atoms with van der Waals surface area (Å²) in [7, 11) is -0.981. The molecular formula is C20H19N5OS. The molecular weight excluding hydrogens is 358 g/mol. The minimum Gasteiger partial charge on any atom is -0.346 e. The Hall–Kier alpha value is -3.06. The number of hydrogen-bond acceptors (Lipinski definition) is 5. The molecule has 1 atom stereocenters. The maximum absolute atomic E-state index is 11.4. The van der Waals surface area contributed by atoms with E-state index >= 15 is 0 Å². The second kappa shape index (κ2) is 7.28. The standard InChI is InChI=1S/C20H19N5OS/c1-13-7-18-15(12-22-19(18)21-9-13)8-14-10-23-20(24-11-14)25-16-3-5-17(6-4-16)27(2)26/h3-7,9-12H,8H2,1-2H3,(H,21,22)(H,23,24,25). The summed E-state index contributed by atoms with van der Waals surface area (Å²) in [4.78, 5) is 17.2. The fourth-order valence-corrected chi connectivity index (χ4v) is 3.42. The molecule has 0 aliphatic carbocycles. The van der Waals surface area contributed by atoms with Crippen LogP contribution in [0.5, 0.6) is 0 Å². The number of nitrogens with one attached hydrogen (secondary N) is 2. The minimum absolute atomic E-state index is 0.528. The molecule has 0 bridgehead atoms. The number of nitrogens with zero attached hydrogens (tertiary/aromatic N) is 3. The molecule has 1 aromatic carbocycles. The van der Waals surface area contributed by atoms with Crippen LogP contribution in [-0.4, -0.2) is 30.4 Å². The van der Waals surface area contributed by atoms with E-state index in [1.54, 1.807) is 6.26 Å². The van der Waals surface area contributed by atoms with Crippen LogP contribution in [-0.2, 0) is 17.2 Å². The first-order valence-electron chi connectivity index (χ1n) is 8.52. The third-order valence-electron chi connectivity index (χ3n) is 4.30. The second-order valence-corrected chi connectivity index (χ2v) is 7.80. The Balaban J connectivity index is 1.48. The molecule has 0 aliphatic rings. The van der Waals surface area contributed by atoms with E-state index in [1.165, 1.54) is 5.56 Å². The quantitative estimate of drug-likeness (QED) is 0.554. The average molecular weight is 377 g/mol. The number of anilines is 2. The fourth-order valence-electron chi connectivity index (χ4n) is 2.90. The number of hydrogen-bond donors (Lipinski definition) is 2. The van der Waals surface area contributed by atoms with E-state index in [1.807, 2.05) is 56.0 Å². The predicted octanol–water partition coefficient (Wildman–Crippen LogP) is 3.73. The Bertz CT molecular complexity index is 1100. The summed E-state index contributed by atoms with van der Waals surface area (Å²) in [6, 6.07) is 9.54. The van der Waals surface area contributed by atoms with Gasteiger partial charge in [0.1, 0.15) is 5.65 Å². The second-order valence-electron chi connectivity index (χ2n) is 6.42. The molecule has 0 aliphatic heterocycles. The predicted molar refractivity (Wildman–Crippen MR) is 108 cm³/mol. The number of rotatable bonds is 5. The third kappa shape index (κ3) is 3.88. The summed E-state index contributed by atoms with van der Waals surface area (Å²) in [6.07, 6.45) is 9.90. The molecule has 0 fully saturated rings. The maximum Gasteiger partial charge on any atom is 0.227 e. The summed E-state index contributed by atoms with van der Waals surface area (Å²) in [5.74, 6) is 0.528. The molecule has 0 radical (unpaired) electrons. The van der Waals surface area contributed by atoms with Gasteiger partial charge in [-0.15, -0.1) is 0 Å². The number of pyridine rings is 1. The molecule has 4 rings (SSSR count). The van der Waals surface area contributed by atoms with Crippen molar-refractivity contribution in [2.45, 2.75) is 18.2 Å². The van der Waals surface area contributed by atoms with Gasteiger partial charge in [0.05, 0.1) is 0 Å². The van der Waals surface area contributed by atoms with Crippen LogP contribution in [0, 0.1) is 6.92 Å². The van der Waals surface area contributed by atoms with Gasteiger partial charge >= 0.3 is 0 Å². The van der Waals surface area contributed by atoms with Crippen LogP contribution in [0.25, 0.3) is 11.0 Å². The van der Waals surface area contributed by atoms with E-state index in [2.05, 4.69) is 31.3 Å². The lowest BCUT2D eigenvalue weighted by Crippen LogP contribution is -1.99. The van der Waals surface area contributed by atoms with E-state index in [0.717, 1.165) is 39.2 Å². The largest absolute Gasteiger partial charge is 0.346 e. The van der Waals surface area contributed by atoms with Crippen LogP contribution in [0.4, 0.5) is 11.6 Å². The van der Waals surface area contributed by atoms with Gasteiger partial charge in [-0.3, -0.25) is 4.21 Å². The molecule has 136 valence electrons. The van der Waals surface area contributed by atoms with Gasteiger partial charge in [0.15, 0.2) is 0 Å². The molecule has 2 N–H and O–H groups in total. The summed E-state index contributed by atoms with van der Waals surface area (Å²) in [6.45, 7) is 2.04. The number of benzene rings is 1. The van der Waals surface area contributed by atoms with Crippen molar-refractivity contribution in [2.24, 2.45) is 0 Å². The van der Waals surface area contributed by atoms with Crippen molar-refractivity contribution in [3.8, 4) is 0 Å². The number of fused-ring (bicyclic) bond motifs is 1. The summed E-state index contributed by atoms with van der Waals surface area (Å²) in [5.41, 5.74) is 5.09. The Kier molecular flexibility index (Phi) is 4.68. The first kappa shape index (κ1) is 17.4. The normalized spacial score (nSPS) is 12.2. The number of aromatic nitrogens is 4. The highest BCUT2D eigenvalue weighted by molar-refractivity contribution is 7.84. The van der Waals surface area contributed by atoms with Gasteiger partial charge in [-0.25, -0.2) is 15.0 Å². The van der Waals surface area contributed by atoms with Crippen LogP contribution in [0.2, 0.25) is 0 Å². The highest BCUT2D eigenvalue weighted by Gasteiger charge is 2.07. The van der Waals surface area contributed by atoms with Gasteiger partial charge in [-0.05, 0) is 53.9 Å². The van der Waals surface area contributed by atoms with Crippen molar-refractivity contribution >= 4 is 33.5 Å². The highest BCUT2D eigenvalue weighted by Crippen LogP contribution is 2.21. The van der Waals surface area contributed by atoms with Gasteiger partial charge < -0.3 is 10.3 Å². The molecule has 4 aromatic rings. The molecule has 1 unspecified atom stereocenters. The van der Waals surface area contributed by atoms with Crippen molar-refractivity contribution in [3.63, 3.8) is 0 Å². The first-order chi connectivity index (χ1) is 13.1. The fraction of sp³-hybridized carbons (Fsp3) is 0.150. The molecule has 3 heterocycles. The van der Waals surface area contributed by atoms with E-state index in [9.17, 15) is 4.21 Å². The van der Waals surface area contributed by atoms with Crippen molar-refractivity contribution < 1.29 is 4.21 Å². The van der Waals surface area contributed by atoms with Gasteiger partial charge in [0.2, 0.25) is 5.95 Å². The molecule has 3 aromatic heterocycles. The van der Waals surface area contributed by atoms with E-state index in [0.29, 0.717) is 5.95 Å². The van der Waals surface area contributed by atoms with Crippen LogP contribution in [0.1, 0.15) is 16.7 Å². The Morgan fingerprint density at radius 1 is 1.07 bits per heavy atom. The SMILES string of the molecule is Cc1cnc2[nH]cc(Cc3cnc(Nc4ccc(S(C)=O)cc4)nc3)c2c1. The first-order valence-corrected chi connectivity index (χ1v) is 10.1. The Labute approximate surface area is 159 Å². The van der Waals surface area contributed by atoms with Gasteiger partial charge in [0, 0.05) is 64.2 Å². The third-order valence-corrected chi connectivity index (χ3v) is 5.23. The number of aryl methyl sites for hydroxylation is 1. The molecule has 6 nitrogen and oxygen atoms in total. The van der Waals surface area contributed by atoms with Crippen LogP contribution in [0.3, 0.4) is 0 Å². The van der Waals surface area contributed by atoms with E-state index in [-0.39, 0.29) is 0 Å². The smallest absolute Gasteiger partial charge is 0.227 e. The molecule has 0 saturated heterocycles. The molecule has 27 heavy (non-hydrogen) atoms. The lowest BCUT2D eigenvalue weighted by Gasteiger charge is -2.06. The van der Waals surface area contributed by atoms with Gasteiger partial charge in [0.25, 0.3) is 0 Å². The summed E-state index contributed by atoms with van der Waals surface area (Å²) >= 11 is 0. The van der Waals surface area contributed by atoms with Crippen molar-refractivity contribution in [3.05, 3.63) is 71.8 Å². The average Bonchev–Trinajstić information content (AvgIpc) is 3.06. The van der Waals surface area contributed by atoms with E-state index < -0.39 is 10.8 Å². The maximum atomic E-state index is 11.4. The minimum atomic E-state index is -0.981. The van der Waals surface area contributed by atoms with Crippen LogP contribution in [0.15, 0.2) is 60.0 Å². The number of aromatic amines is 1. The van der Waals surface area contributed by atoms with Gasteiger partial charge in [-0.2, -0.15) is 0 Å². The lowest BCUT2D eigenvalue weighted by molar-refractivity contribution is 0.687. The monoisotopic (exact) mass is 377 g/mol. The molecule has 0 spiro atoms. The Morgan fingerprint density at radius 3 is 2.52 bits per heavy atom. The lowest BCUT2D eigenvalue weighted by atomic mass is 10.1. The summed E-state index contributed by atoms with van der Waals surface area (Å²) in [5, 5.41) is 4.29. The van der Waals surface area contributed by atoms with Crippen LogP contribution >= 0.6 is 0 Å². The van der Waals surface area contributed by atoms with Gasteiger partial charge in [-0.1, -0.05) is 0 Å². The topological polar surface area (TPSA) is 83.6 Å². The molecule has 7 heteroatoms.